The molecule has 2 heterocycles. The van der Waals surface area contributed by atoms with Crippen LogP contribution in [0.15, 0.2) is 58.2 Å². The smallest absolute Gasteiger partial charge is 0.337 e. The van der Waals surface area contributed by atoms with Gasteiger partial charge in [0, 0.05) is 15.9 Å². The molecule has 0 fully saturated rings. The van der Waals surface area contributed by atoms with Crippen molar-refractivity contribution in [2.75, 3.05) is 25.2 Å². The first kappa shape index (κ1) is 19.7. The van der Waals surface area contributed by atoms with Crippen molar-refractivity contribution in [2.45, 2.75) is 13.0 Å². The molecule has 2 aromatic carbocycles. The molecule has 2 aliphatic rings. The summed E-state index contributed by atoms with van der Waals surface area (Å²) in [6.45, 7) is 2.87. The van der Waals surface area contributed by atoms with E-state index in [2.05, 4.69) is 21.2 Å². The average Bonchev–Trinajstić information content (AvgIpc) is 2.72. The van der Waals surface area contributed by atoms with Gasteiger partial charge in [-0.05, 0) is 55.0 Å². The number of thiocarbonyl (C=S) groups is 1. The Morgan fingerprint density at radius 2 is 1.97 bits per heavy atom. The zero-order chi connectivity index (χ0) is 20.5. The van der Waals surface area contributed by atoms with Gasteiger partial charge in [-0.15, -0.1) is 0 Å². The normalized spacial score (nSPS) is 18.4. The van der Waals surface area contributed by atoms with Crippen LogP contribution < -0.4 is 19.7 Å². The zero-order valence-electron chi connectivity index (χ0n) is 15.9. The summed E-state index contributed by atoms with van der Waals surface area (Å²) < 4.78 is 17.3. The van der Waals surface area contributed by atoms with Gasteiger partial charge in [0.2, 0.25) is 0 Å². The number of nitrogens with one attached hydrogen (secondary N) is 1. The molecule has 4 rings (SSSR count). The van der Waals surface area contributed by atoms with E-state index < -0.39 is 12.0 Å². The summed E-state index contributed by atoms with van der Waals surface area (Å²) in [6, 6.07) is 12.9. The molecule has 29 heavy (non-hydrogen) atoms. The Morgan fingerprint density at radius 3 is 2.69 bits per heavy atom. The lowest BCUT2D eigenvalue weighted by molar-refractivity contribution is -0.136. The Kier molecular flexibility index (Phi) is 5.47. The van der Waals surface area contributed by atoms with Crippen LogP contribution in [0.5, 0.6) is 11.5 Å². The largest absolute Gasteiger partial charge is 0.486 e. The number of rotatable bonds is 3. The first-order valence-electron chi connectivity index (χ1n) is 9.04. The van der Waals surface area contributed by atoms with Gasteiger partial charge in [-0.3, -0.25) is 4.90 Å². The van der Waals surface area contributed by atoms with Crippen molar-refractivity contribution < 1.29 is 19.0 Å². The second-order valence-electron chi connectivity index (χ2n) is 6.59. The van der Waals surface area contributed by atoms with Crippen molar-refractivity contribution in [2.24, 2.45) is 0 Å². The molecule has 0 aliphatic carbocycles. The molecule has 6 nitrogen and oxygen atoms in total. The Balaban J connectivity index is 1.81. The molecule has 0 spiro atoms. The highest BCUT2D eigenvalue weighted by molar-refractivity contribution is 9.10. The van der Waals surface area contributed by atoms with Crippen LogP contribution in [0.25, 0.3) is 0 Å². The van der Waals surface area contributed by atoms with Crippen molar-refractivity contribution in [3.63, 3.8) is 0 Å². The van der Waals surface area contributed by atoms with E-state index in [-0.39, 0.29) is 0 Å². The fourth-order valence-corrected chi connectivity index (χ4v) is 4.28. The quantitative estimate of drug-likeness (QED) is 0.530. The molecule has 1 atom stereocenters. The first-order valence-corrected chi connectivity index (χ1v) is 10.2. The maximum Gasteiger partial charge on any atom is 0.337 e. The molecule has 1 unspecified atom stereocenters. The summed E-state index contributed by atoms with van der Waals surface area (Å²) in [5, 5.41) is 3.78. The number of esters is 1. The van der Waals surface area contributed by atoms with Crippen molar-refractivity contribution in [3.8, 4) is 11.5 Å². The molecule has 150 valence electrons. The van der Waals surface area contributed by atoms with Crippen LogP contribution in [0.1, 0.15) is 18.5 Å². The minimum atomic E-state index is -0.464. The van der Waals surface area contributed by atoms with E-state index in [1.807, 2.05) is 54.3 Å². The van der Waals surface area contributed by atoms with Crippen LogP contribution in [0.4, 0.5) is 5.69 Å². The number of methoxy groups -OCH3 is 1. The molecule has 0 saturated carbocycles. The van der Waals surface area contributed by atoms with E-state index in [4.69, 9.17) is 26.4 Å². The number of ether oxygens (including phenoxy) is 3. The Labute approximate surface area is 182 Å². The summed E-state index contributed by atoms with van der Waals surface area (Å²) in [7, 11) is 1.37. The molecule has 0 aromatic heterocycles. The summed E-state index contributed by atoms with van der Waals surface area (Å²) in [4.78, 5) is 14.6. The minimum absolute atomic E-state index is 0.419. The number of fused-ring (bicyclic) bond motifs is 1. The highest BCUT2D eigenvalue weighted by Gasteiger charge is 2.35. The van der Waals surface area contributed by atoms with Gasteiger partial charge >= 0.3 is 5.97 Å². The number of hydrogen-bond acceptors (Lipinski definition) is 5. The predicted octanol–water partition coefficient (Wildman–Crippen LogP) is 4.10. The van der Waals surface area contributed by atoms with E-state index in [0.717, 1.165) is 15.7 Å². The number of carbonyl (C=O) groups is 1. The molecule has 0 saturated heterocycles. The monoisotopic (exact) mass is 474 g/mol. The lowest BCUT2D eigenvalue weighted by Crippen LogP contribution is -2.48. The fraction of sp³-hybridized carbons (Fsp3) is 0.238. The number of halogens is 1. The summed E-state index contributed by atoms with van der Waals surface area (Å²) in [6.07, 6.45) is 0. The summed E-state index contributed by atoms with van der Waals surface area (Å²) >= 11 is 9.15. The molecular weight excluding hydrogens is 456 g/mol. The fourth-order valence-electron chi connectivity index (χ4n) is 3.53. The summed E-state index contributed by atoms with van der Waals surface area (Å²) in [5.74, 6) is 0.921. The second kappa shape index (κ2) is 8.04. The first-order chi connectivity index (χ1) is 14.0. The molecule has 2 aliphatic heterocycles. The average molecular weight is 475 g/mol. The standard InChI is InChI=1S/C21H19BrN2O4S/c1-12-18(20(25)26-2)19(13-6-7-16-17(10-13)28-9-8-27-16)23-21(29)24(12)15-5-3-4-14(22)11-15/h3-7,10-11,19H,8-9H2,1-2H3,(H,23,29). The van der Waals surface area contributed by atoms with Crippen LogP contribution in [-0.4, -0.2) is 31.4 Å². The van der Waals surface area contributed by atoms with Gasteiger partial charge < -0.3 is 19.5 Å². The lowest BCUT2D eigenvalue weighted by Gasteiger charge is -2.37. The van der Waals surface area contributed by atoms with Crippen LogP contribution in [0.2, 0.25) is 0 Å². The summed E-state index contributed by atoms with van der Waals surface area (Å²) in [5.41, 5.74) is 2.87. The third-order valence-electron chi connectivity index (χ3n) is 4.86. The van der Waals surface area contributed by atoms with E-state index in [1.54, 1.807) is 0 Å². The maximum absolute atomic E-state index is 12.7. The Hall–Kier alpha value is -2.58. The van der Waals surface area contributed by atoms with Gasteiger partial charge in [0.1, 0.15) is 13.2 Å². The van der Waals surface area contributed by atoms with E-state index in [1.165, 1.54) is 7.11 Å². The highest BCUT2D eigenvalue weighted by atomic mass is 79.9. The van der Waals surface area contributed by atoms with E-state index >= 15 is 0 Å². The number of benzene rings is 2. The van der Waals surface area contributed by atoms with Gasteiger partial charge in [-0.1, -0.05) is 28.1 Å². The molecule has 2 aromatic rings. The van der Waals surface area contributed by atoms with Crippen LogP contribution in [0.3, 0.4) is 0 Å². The predicted molar refractivity (Wildman–Crippen MR) is 117 cm³/mol. The van der Waals surface area contributed by atoms with Crippen molar-refractivity contribution in [1.29, 1.82) is 0 Å². The van der Waals surface area contributed by atoms with Gasteiger partial charge in [0.05, 0.1) is 18.7 Å². The van der Waals surface area contributed by atoms with Gasteiger partial charge in [0.25, 0.3) is 0 Å². The van der Waals surface area contributed by atoms with Crippen molar-refractivity contribution in [1.82, 2.24) is 5.32 Å². The van der Waals surface area contributed by atoms with E-state index in [9.17, 15) is 4.79 Å². The van der Waals surface area contributed by atoms with Gasteiger partial charge in [-0.25, -0.2) is 4.79 Å². The van der Waals surface area contributed by atoms with Crippen molar-refractivity contribution >= 4 is 44.9 Å². The van der Waals surface area contributed by atoms with Crippen LogP contribution >= 0.6 is 28.1 Å². The third kappa shape index (κ3) is 3.70. The Morgan fingerprint density at radius 1 is 1.21 bits per heavy atom. The van der Waals surface area contributed by atoms with Gasteiger partial charge in [-0.2, -0.15) is 0 Å². The molecule has 1 N–H and O–H groups in total. The number of allylic oxidation sites excluding steroid dienone is 1. The van der Waals surface area contributed by atoms with E-state index in [0.29, 0.717) is 41.1 Å². The zero-order valence-corrected chi connectivity index (χ0v) is 18.3. The maximum atomic E-state index is 12.7. The molecule has 0 radical (unpaired) electrons. The van der Waals surface area contributed by atoms with Crippen LogP contribution in [-0.2, 0) is 9.53 Å². The molecule has 8 heteroatoms. The number of hydrogen-bond donors (Lipinski definition) is 1. The number of nitrogens with zero attached hydrogens (tertiary/aromatic N) is 1. The van der Waals surface area contributed by atoms with Gasteiger partial charge in [0.15, 0.2) is 16.6 Å². The number of anilines is 1. The second-order valence-corrected chi connectivity index (χ2v) is 7.89. The highest BCUT2D eigenvalue weighted by Crippen LogP contribution is 2.38. The topological polar surface area (TPSA) is 60.0 Å². The SMILES string of the molecule is COC(=O)C1=C(C)N(c2cccc(Br)c2)C(=S)NC1c1ccc2c(c1)OCCO2. The molecule has 0 amide bonds. The molecular formula is C21H19BrN2O4S. The molecule has 0 bridgehead atoms. The van der Waals surface area contributed by atoms with Crippen molar-refractivity contribution in [3.05, 3.63) is 63.8 Å². The van der Waals surface area contributed by atoms with Crippen LogP contribution in [0, 0.1) is 0 Å². The third-order valence-corrected chi connectivity index (χ3v) is 5.65. The Bertz CT molecular complexity index is 1020. The lowest BCUT2D eigenvalue weighted by atomic mass is 9.94. The number of carbonyl (C=O) groups excluding carboxylic acids is 1. The minimum Gasteiger partial charge on any atom is -0.486 e.